The van der Waals surface area contributed by atoms with Gasteiger partial charge in [-0.15, -0.1) is 0 Å². The third kappa shape index (κ3) is 7.69. The van der Waals surface area contributed by atoms with Crippen LogP contribution < -0.4 is 28.2 Å². The number of nitrogens with zero attached hydrogens (tertiary/aromatic N) is 3. The molecule has 0 aliphatic carbocycles. The fourth-order valence-electron chi connectivity index (χ4n) is 4.63. The van der Waals surface area contributed by atoms with Gasteiger partial charge in [-0.3, -0.25) is 9.56 Å². The number of guanidine groups is 1. The molecule has 0 aliphatic heterocycles. The van der Waals surface area contributed by atoms with Crippen molar-refractivity contribution < 1.29 is 8.78 Å². The van der Waals surface area contributed by atoms with Gasteiger partial charge in [0.25, 0.3) is 0 Å². The van der Waals surface area contributed by atoms with E-state index in [0.29, 0.717) is 53.9 Å². The smallest absolute Gasteiger partial charge is 0.354 e. The van der Waals surface area contributed by atoms with Crippen molar-refractivity contribution in [3.8, 4) is 16.9 Å². The molecule has 9 nitrogen and oxygen atoms in total. The summed E-state index contributed by atoms with van der Waals surface area (Å²) < 4.78 is 30.2. The maximum absolute atomic E-state index is 15.0. The average Bonchev–Trinajstić information content (AvgIpc) is 3.34. The van der Waals surface area contributed by atoms with Gasteiger partial charge in [-0.05, 0) is 80.6 Å². The third-order valence-corrected chi connectivity index (χ3v) is 7.03. The molecule has 0 radical (unpaired) electrons. The Balaban J connectivity index is 1.55. The van der Waals surface area contributed by atoms with Crippen LogP contribution in [0.5, 0.6) is 0 Å². The summed E-state index contributed by atoms with van der Waals surface area (Å²) >= 11 is 6.21. The van der Waals surface area contributed by atoms with Crippen LogP contribution in [-0.4, -0.2) is 46.3 Å². The first kappa shape index (κ1) is 30.2. The zero-order valence-electron chi connectivity index (χ0n) is 22.8. The molecular formula is C29H35ClF2N8O. The lowest BCUT2D eigenvalue weighted by atomic mass is 10.0. The lowest BCUT2D eigenvalue weighted by Gasteiger charge is -2.16. The van der Waals surface area contributed by atoms with E-state index in [1.165, 1.54) is 4.57 Å². The highest BCUT2D eigenvalue weighted by molar-refractivity contribution is 6.31. The van der Waals surface area contributed by atoms with Gasteiger partial charge in [-0.2, -0.15) is 4.98 Å². The summed E-state index contributed by atoms with van der Waals surface area (Å²) in [4.78, 5) is 24.0. The summed E-state index contributed by atoms with van der Waals surface area (Å²) in [6.45, 7) is 2.33. The Hall–Kier alpha value is -3.80. The zero-order chi connectivity index (χ0) is 29.5. The number of aromatic nitrogens is 3. The van der Waals surface area contributed by atoms with Crippen LogP contribution in [-0.2, 0) is 6.42 Å². The predicted molar refractivity (Wildman–Crippen MR) is 161 cm³/mol. The predicted octanol–water partition coefficient (Wildman–Crippen LogP) is 4.11. The van der Waals surface area contributed by atoms with E-state index in [-0.39, 0.29) is 17.0 Å². The van der Waals surface area contributed by atoms with Crippen molar-refractivity contribution in [3.63, 3.8) is 0 Å². The summed E-state index contributed by atoms with van der Waals surface area (Å²) in [7, 11) is 0. The van der Waals surface area contributed by atoms with Crippen molar-refractivity contribution in [2.75, 3.05) is 19.8 Å². The van der Waals surface area contributed by atoms with E-state index in [4.69, 9.17) is 28.8 Å². The highest BCUT2D eigenvalue weighted by Gasteiger charge is 2.16. The van der Waals surface area contributed by atoms with Crippen LogP contribution in [0.3, 0.4) is 0 Å². The van der Waals surface area contributed by atoms with Crippen molar-refractivity contribution in [2.24, 2.45) is 22.2 Å². The van der Waals surface area contributed by atoms with E-state index in [9.17, 15) is 9.18 Å². The molecule has 12 heteroatoms. The molecule has 0 bridgehead atoms. The molecule has 2 heterocycles. The van der Waals surface area contributed by atoms with Crippen LogP contribution in [0.4, 0.5) is 8.78 Å². The van der Waals surface area contributed by atoms with Crippen LogP contribution >= 0.6 is 11.6 Å². The largest absolute Gasteiger partial charge is 0.370 e. The molecule has 8 N–H and O–H groups in total. The molecule has 0 spiro atoms. The number of fused-ring (bicyclic) bond motifs is 1. The number of halogens is 3. The normalized spacial score (nSPS) is 12.9. The number of benzene rings is 2. The Bertz CT molecular complexity index is 1560. The molecule has 2 atom stereocenters. The summed E-state index contributed by atoms with van der Waals surface area (Å²) in [5.41, 5.74) is 19.3. The molecule has 4 aromatic rings. The van der Waals surface area contributed by atoms with Gasteiger partial charge in [0.05, 0.1) is 22.4 Å². The molecule has 2 aromatic heterocycles. The first-order valence-corrected chi connectivity index (χ1v) is 13.9. The van der Waals surface area contributed by atoms with Crippen molar-refractivity contribution in [3.05, 3.63) is 81.1 Å². The van der Waals surface area contributed by atoms with E-state index in [2.05, 4.69) is 20.3 Å². The van der Waals surface area contributed by atoms with E-state index in [0.717, 1.165) is 24.0 Å². The van der Waals surface area contributed by atoms with Crippen LogP contribution in [0.15, 0.2) is 58.4 Å². The molecule has 0 fully saturated rings. The lowest BCUT2D eigenvalue weighted by molar-refractivity contribution is 0.381. The van der Waals surface area contributed by atoms with Crippen molar-refractivity contribution in [1.29, 1.82) is 0 Å². The van der Waals surface area contributed by atoms with Crippen molar-refractivity contribution >= 4 is 28.6 Å². The van der Waals surface area contributed by atoms with Gasteiger partial charge in [-0.1, -0.05) is 23.7 Å². The van der Waals surface area contributed by atoms with Gasteiger partial charge in [-0.25, -0.2) is 13.6 Å². The fourth-order valence-corrected chi connectivity index (χ4v) is 4.87. The van der Waals surface area contributed by atoms with E-state index >= 15 is 4.39 Å². The van der Waals surface area contributed by atoms with Crippen LogP contribution in [0.25, 0.3) is 28.0 Å². The van der Waals surface area contributed by atoms with Crippen molar-refractivity contribution in [1.82, 2.24) is 19.9 Å². The summed E-state index contributed by atoms with van der Waals surface area (Å²) in [5.74, 6) is -0.525. The van der Waals surface area contributed by atoms with Gasteiger partial charge in [0.15, 0.2) is 11.8 Å². The Morgan fingerprint density at radius 3 is 2.63 bits per heavy atom. The monoisotopic (exact) mass is 584 g/mol. The fraction of sp³-hybridized carbons (Fsp3) is 0.345. The van der Waals surface area contributed by atoms with Gasteiger partial charge in [0.2, 0.25) is 0 Å². The number of hydrogen-bond acceptors (Lipinski definition) is 5. The molecule has 0 amide bonds. The Morgan fingerprint density at radius 2 is 1.95 bits per heavy atom. The minimum atomic E-state index is -0.602. The van der Waals surface area contributed by atoms with Crippen LogP contribution in [0.2, 0.25) is 5.02 Å². The van der Waals surface area contributed by atoms with Crippen LogP contribution in [0.1, 0.15) is 43.4 Å². The number of aromatic amines is 1. The minimum Gasteiger partial charge on any atom is -0.370 e. The summed E-state index contributed by atoms with van der Waals surface area (Å²) in [6, 6.07) is 11.7. The molecule has 41 heavy (non-hydrogen) atoms. The highest BCUT2D eigenvalue weighted by Crippen LogP contribution is 2.31. The second-order valence-corrected chi connectivity index (χ2v) is 10.5. The molecule has 2 unspecified atom stereocenters. The Morgan fingerprint density at radius 1 is 1.20 bits per heavy atom. The number of rotatable bonds is 13. The van der Waals surface area contributed by atoms with Gasteiger partial charge >= 0.3 is 5.69 Å². The number of aliphatic imine (C=N–C) groups is 1. The molecule has 0 saturated heterocycles. The molecule has 2 aromatic carbocycles. The first-order valence-electron chi connectivity index (χ1n) is 13.5. The number of aryl methyl sites for hydroxylation is 1. The molecule has 218 valence electrons. The summed E-state index contributed by atoms with van der Waals surface area (Å²) in [6.07, 6.45) is 4.71. The van der Waals surface area contributed by atoms with Gasteiger partial charge in [0.1, 0.15) is 12.3 Å². The second kappa shape index (κ2) is 13.7. The SMILES string of the molecule is CC(N)CCCc1cc(Cl)c(F)c(-c2cc3cn(-c4ccc(C(CF)NCCCN=C(N)N)cc4)c(=O)nc3[nH]2)c1. The van der Waals surface area contributed by atoms with Crippen LogP contribution in [0, 0.1) is 5.82 Å². The van der Waals surface area contributed by atoms with Gasteiger partial charge < -0.3 is 27.5 Å². The lowest BCUT2D eigenvalue weighted by Crippen LogP contribution is -2.26. The summed E-state index contributed by atoms with van der Waals surface area (Å²) in [5, 5.41) is 3.79. The average molecular weight is 585 g/mol. The zero-order valence-corrected chi connectivity index (χ0v) is 23.6. The molecule has 4 rings (SSSR count). The number of nitrogens with two attached hydrogens (primary N) is 3. The highest BCUT2D eigenvalue weighted by atomic mass is 35.5. The number of hydrogen-bond donors (Lipinski definition) is 5. The number of H-pyrrole nitrogens is 1. The first-order chi connectivity index (χ1) is 19.7. The topological polar surface area (TPSA) is 153 Å². The number of nitrogens with one attached hydrogen (secondary N) is 2. The minimum absolute atomic E-state index is 0.0240. The standard InChI is InChI=1S/C29H35ClF2N8O/c1-17(33)4-2-5-18-12-22(26(32)23(30)13-18)24-14-20-16-40(29(41)39-27(20)38-24)21-8-6-19(7-9-21)25(15-31)36-10-3-11-37-28(34)35/h6-9,12-14,16-17,25,36H,2-5,10-11,15,33H2,1H3,(H4,34,35,37)(H,38,39,41). The van der Waals surface area contributed by atoms with E-state index in [1.54, 1.807) is 48.7 Å². The maximum Gasteiger partial charge on any atom is 0.354 e. The third-order valence-electron chi connectivity index (χ3n) is 6.76. The number of alkyl halides is 1. The van der Waals surface area contributed by atoms with Gasteiger partial charge in [0, 0.05) is 29.7 Å². The van der Waals surface area contributed by atoms with Crippen molar-refractivity contribution in [2.45, 2.75) is 44.7 Å². The van der Waals surface area contributed by atoms with E-state index in [1.807, 2.05) is 6.92 Å². The quantitative estimate of drug-likeness (QED) is 0.0905. The maximum atomic E-state index is 15.0. The Kier molecular flexibility index (Phi) is 10.1. The molecule has 0 aliphatic rings. The molecular weight excluding hydrogens is 550 g/mol. The second-order valence-electron chi connectivity index (χ2n) is 10.1. The van der Waals surface area contributed by atoms with E-state index < -0.39 is 24.2 Å². The molecule has 0 saturated carbocycles. The Labute approximate surface area is 241 Å².